The molecule has 0 saturated heterocycles. The van der Waals surface area contributed by atoms with E-state index in [1.807, 2.05) is 0 Å². The van der Waals surface area contributed by atoms with Gasteiger partial charge < -0.3 is 0 Å². The summed E-state index contributed by atoms with van der Waals surface area (Å²) in [5.41, 5.74) is 1.23. The molecular weight excluding hydrogens is 286 g/mol. The van der Waals surface area contributed by atoms with Gasteiger partial charge in [-0.15, -0.1) is 0 Å². The van der Waals surface area contributed by atoms with Gasteiger partial charge in [-0.05, 0) is 44.9 Å². The molecule has 0 spiro atoms. The first-order valence-corrected chi connectivity index (χ1v) is 9.22. The van der Waals surface area contributed by atoms with Crippen molar-refractivity contribution in [3.63, 3.8) is 0 Å². The Morgan fingerprint density at radius 1 is 0.913 bits per heavy atom. The summed E-state index contributed by atoms with van der Waals surface area (Å²) in [6.07, 6.45) is 14.6. The molecule has 0 fully saturated rings. The van der Waals surface area contributed by atoms with Gasteiger partial charge in [0, 0.05) is 17.7 Å². The lowest BCUT2D eigenvalue weighted by Gasteiger charge is -2.14. The van der Waals surface area contributed by atoms with Crippen LogP contribution >= 0.6 is 0 Å². The Balaban J connectivity index is 1.48. The summed E-state index contributed by atoms with van der Waals surface area (Å²) in [7, 11) is 0. The second-order valence-electron chi connectivity index (χ2n) is 7.28. The molecule has 0 aromatic heterocycles. The smallest absolute Gasteiger partial charge is 0.256 e. The minimum absolute atomic E-state index is 0.0913. The highest BCUT2D eigenvalue weighted by Gasteiger charge is 2.32. The van der Waals surface area contributed by atoms with Crippen LogP contribution in [-0.4, -0.2) is 23.3 Å². The average Bonchev–Trinajstić information content (AvgIpc) is 3.02. The van der Waals surface area contributed by atoms with Gasteiger partial charge in [-0.2, -0.15) is 0 Å². The maximum atomic E-state index is 11.9. The van der Waals surface area contributed by atoms with E-state index in [9.17, 15) is 9.59 Å². The Morgan fingerprint density at radius 3 is 2.04 bits per heavy atom. The van der Waals surface area contributed by atoms with Crippen LogP contribution in [0, 0.1) is 11.8 Å². The number of carbonyl (C=O) groups is 2. The molecule has 1 aliphatic heterocycles. The van der Waals surface area contributed by atoms with Crippen LogP contribution in [0.5, 0.6) is 0 Å². The fraction of sp³-hybridized carbons (Fsp3) is 0.700. The Morgan fingerprint density at radius 2 is 1.48 bits per heavy atom. The fourth-order valence-corrected chi connectivity index (χ4v) is 3.60. The summed E-state index contributed by atoms with van der Waals surface area (Å²) in [5, 5.41) is 0. The van der Waals surface area contributed by atoms with Gasteiger partial charge in [-0.1, -0.05) is 51.2 Å². The Bertz CT molecular complexity index is 480. The molecule has 0 aromatic rings. The second kappa shape index (κ2) is 8.47. The topological polar surface area (TPSA) is 37.4 Å². The van der Waals surface area contributed by atoms with Gasteiger partial charge in [0.15, 0.2) is 0 Å². The Labute approximate surface area is 140 Å². The molecule has 1 heterocycles. The lowest BCUT2D eigenvalue weighted by Crippen LogP contribution is -2.32. The third-order valence-electron chi connectivity index (χ3n) is 5.29. The first-order chi connectivity index (χ1) is 11.0. The van der Waals surface area contributed by atoms with Crippen molar-refractivity contribution in [2.75, 3.05) is 6.54 Å². The number of hydrogen-bond donors (Lipinski definition) is 0. The van der Waals surface area contributed by atoms with E-state index in [-0.39, 0.29) is 11.8 Å². The quantitative estimate of drug-likeness (QED) is 0.353. The molecule has 0 N–H and O–H groups in total. The molecule has 2 unspecified atom stereocenters. The van der Waals surface area contributed by atoms with Crippen LogP contribution in [0.15, 0.2) is 23.3 Å². The summed E-state index contributed by atoms with van der Waals surface area (Å²) in [4.78, 5) is 25.3. The number of rotatable bonds is 9. The third kappa shape index (κ3) is 4.79. The number of nitrogens with zero attached hydrogens (tertiary/aromatic N) is 1. The van der Waals surface area contributed by atoms with Crippen molar-refractivity contribution in [3.05, 3.63) is 23.3 Å². The van der Waals surface area contributed by atoms with Crippen molar-refractivity contribution in [3.8, 4) is 0 Å². The summed E-state index contributed by atoms with van der Waals surface area (Å²) in [6.45, 7) is 6.37. The van der Waals surface area contributed by atoms with Gasteiger partial charge in [-0.25, -0.2) is 0 Å². The number of amides is 2. The fourth-order valence-electron chi connectivity index (χ4n) is 3.60. The lowest BCUT2D eigenvalue weighted by atomic mass is 9.97. The normalized spacial score (nSPS) is 24.4. The van der Waals surface area contributed by atoms with Gasteiger partial charge in [0.05, 0.1) is 0 Å². The van der Waals surface area contributed by atoms with Crippen LogP contribution in [0.2, 0.25) is 0 Å². The van der Waals surface area contributed by atoms with Crippen LogP contribution in [0.3, 0.4) is 0 Å². The van der Waals surface area contributed by atoms with E-state index >= 15 is 0 Å². The van der Waals surface area contributed by atoms with E-state index in [1.165, 1.54) is 43.4 Å². The van der Waals surface area contributed by atoms with Crippen molar-refractivity contribution >= 4 is 11.8 Å². The van der Waals surface area contributed by atoms with Gasteiger partial charge in [0.25, 0.3) is 11.8 Å². The SMILES string of the molecule is CC1=C(C)C(=O)N(CCCCCCCCC2C=CC(C)C2)C1=O. The molecule has 3 heteroatoms. The predicted molar refractivity (Wildman–Crippen MR) is 93.8 cm³/mol. The summed E-state index contributed by atoms with van der Waals surface area (Å²) in [6, 6.07) is 0. The minimum Gasteiger partial charge on any atom is -0.275 e. The van der Waals surface area contributed by atoms with Crippen molar-refractivity contribution < 1.29 is 9.59 Å². The molecule has 0 aromatic carbocycles. The first-order valence-electron chi connectivity index (χ1n) is 9.22. The van der Waals surface area contributed by atoms with Gasteiger partial charge >= 0.3 is 0 Å². The molecule has 0 saturated carbocycles. The van der Waals surface area contributed by atoms with Crippen molar-refractivity contribution in [1.29, 1.82) is 0 Å². The third-order valence-corrected chi connectivity index (χ3v) is 5.29. The Kier molecular flexibility index (Phi) is 6.61. The van der Waals surface area contributed by atoms with Crippen molar-refractivity contribution in [2.24, 2.45) is 11.8 Å². The first kappa shape index (κ1) is 18.0. The molecular formula is C20H31NO2. The molecule has 23 heavy (non-hydrogen) atoms. The van der Waals surface area contributed by atoms with E-state index in [0.717, 1.165) is 24.7 Å². The van der Waals surface area contributed by atoms with Crippen LogP contribution in [0.4, 0.5) is 0 Å². The van der Waals surface area contributed by atoms with E-state index < -0.39 is 0 Å². The standard InChI is InChI=1S/C20H31NO2/c1-15-11-12-18(14-15)10-8-6-4-5-7-9-13-21-19(22)16(2)17(3)20(21)23/h11-12,15,18H,4-10,13-14H2,1-3H3. The number of unbranched alkanes of at least 4 members (excludes halogenated alkanes) is 5. The molecule has 128 valence electrons. The average molecular weight is 317 g/mol. The number of imide groups is 1. The van der Waals surface area contributed by atoms with Crippen LogP contribution in [0.25, 0.3) is 0 Å². The van der Waals surface area contributed by atoms with E-state index in [2.05, 4.69) is 19.1 Å². The highest BCUT2D eigenvalue weighted by atomic mass is 16.2. The lowest BCUT2D eigenvalue weighted by molar-refractivity contribution is -0.137. The molecule has 2 aliphatic rings. The van der Waals surface area contributed by atoms with Crippen LogP contribution < -0.4 is 0 Å². The van der Waals surface area contributed by atoms with Gasteiger partial charge in [0.2, 0.25) is 0 Å². The maximum absolute atomic E-state index is 11.9. The highest BCUT2D eigenvalue weighted by molar-refractivity contribution is 6.18. The summed E-state index contributed by atoms with van der Waals surface area (Å²) in [5.74, 6) is 1.41. The van der Waals surface area contributed by atoms with E-state index in [4.69, 9.17) is 0 Å². The zero-order chi connectivity index (χ0) is 16.8. The zero-order valence-electron chi connectivity index (χ0n) is 14.9. The predicted octanol–water partition coefficient (Wildman–Crippen LogP) is 4.63. The molecule has 2 atom stereocenters. The molecule has 0 radical (unpaired) electrons. The van der Waals surface area contributed by atoms with Crippen molar-refractivity contribution in [2.45, 2.75) is 72.1 Å². The number of carbonyl (C=O) groups excluding carboxylic acids is 2. The van der Waals surface area contributed by atoms with Crippen molar-refractivity contribution in [1.82, 2.24) is 4.90 Å². The van der Waals surface area contributed by atoms with Gasteiger partial charge in [-0.3, -0.25) is 14.5 Å². The van der Waals surface area contributed by atoms with E-state index in [0.29, 0.717) is 17.7 Å². The molecule has 2 amide bonds. The second-order valence-corrected chi connectivity index (χ2v) is 7.28. The summed E-state index contributed by atoms with van der Waals surface area (Å²) >= 11 is 0. The van der Waals surface area contributed by atoms with Crippen LogP contribution in [-0.2, 0) is 9.59 Å². The highest BCUT2D eigenvalue weighted by Crippen LogP contribution is 2.27. The van der Waals surface area contributed by atoms with Gasteiger partial charge in [0.1, 0.15) is 0 Å². The maximum Gasteiger partial charge on any atom is 0.256 e. The number of allylic oxidation sites excluding steroid dienone is 2. The Hall–Kier alpha value is -1.38. The number of hydrogen-bond acceptors (Lipinski definition) is 2. The minimum atomic E-state index is -0.0913. The molecule has 2 rings (SSSR count). The summed E-state index contributed by atoms with van der Waals surface area (Å²) < 4.78 is 0. The van der Waals surface area contributed by atoms with Crippen LogP contribution in [0.1, 0.15) is 72.1 Å². The monoisotopic (exact) mass is 317 g/mol. The zero-order valence-corrected chi connectivity index (χ0v) is 14.9. The largest absolute Gasteiger partial charge is 0.275 e. The van der Waals surface area contributed by atoms with E-state index in [1.54, 1.807) is 13.8 Å². The molecule has 3 nitrogen and oxygen atoms in total. The molecule has 1 aliphatic carbocycles. The molecule has 0 bridgehead atoms.